The number of rotatable bonds is 4. The van der Waals surface area contributed by atoms with Gasteiger partial charge >= 0.3 is 0 Å². The van der Waals surface area contributed by atoms with Gasteiger partial charge in [-0.15, -0.1) is 24.8 Å². The molecule has 1 saturated heterocycles. The van der Waals surface area contributed by atoms with Crippen molar-refractivity contribution in [2.75, 3.05) is 18.4 Å². The number of nitrogens with one attached hydrogen (secondary N) is 3. The van der Waals surface area contributed by atoms with Gasteiger partial charge in [0.15, 0.2) is 0 Å². The molecule has 1 heterocycles. The fraction of sp³-hybridized carbons (Fsp3) is 0.562. The molecule has 0 aromatic heterocycles. The summed E-state index contributed by atoms with van der Waals surface area (Å²) in [4.78, 5) is 12.1. The van der Waals surface area contributed by atoms with Crippen LogP contribution in [0.25, 0.3) is 0 Å². The molecule has 2 rings (SSSR count). The van der Waals surface area contributed by atoms with Crippen molar-refractivity contribution in [2.24, 2.45) is 0 Å². The second-order valence-electron chi connectivity index (χ2n) is 5.68. The van der Waals surface area contributed by atoms with Crippen LogP contribution in [0.1, 0.15) is 30.9 Å². The Morgan fingerprint density at radius 3 is 2.50 bits per heavy atom. The van der Waals surface area contributed by atoms with E-state index in [2.05, 4.69) is 48.9 Å². The largest absolute Gasteiger partial charge is 0.376 e. The molecule has 0 spiro atoms. The van der Waals surface area contributed by atoms with Crippen molar-refractivity contribution >= 4 is 36.4 Å². The Morgan fingerprint density at radius 2 is 1.91 bits per heavy atom. The van der Waals surface area contributed by atoms with E-state index in [1.54, 1.807) is 0 Å². The molecule has 3 N–H and O–H groups in total. The second kappa shape index (κ2) is 9.93. The number of carbonyl (C=O) groups is 1. The summed E-state index contributed by atoms with van der Waals surface area (Å²) >= 11 is 0. The SMILES string of the molecule is Cc1cccc(C)c1NCC(=O)NC1CCCNC1C.Cl.Cl. The predicted molar refractivity (Wildman–Crippen MR) is 97.5 cm³/mol. The van der Waals surface area contributed by atoms with E-state index < -0.39 is 0 Å². The maximum Gasteiger partial charge on any atom is 0.239 e. The standard InChI is InChI=1S/C16H25N3O.2ClH/c1-11-6-4-7-12(2)16(11)18-10-15(20)19-14-8-5-9-17-13(14)3;;/h4,6-7,13-14,17-18H,5,8-10H2,1-3H3,(H,19,20);2*1H. The molecule has 1 fully saturated rings. The third-order valence-electron chi connectivity index (χ3n) is 4.02. The van der Waals surface area contributed by atoms with Crippen LogP contribution >= 0.6 is 24.8 Å². The van der Waals surface area contributed by atoms with Crippen LogP contribution in [-0.2, 0) is 4.79 Å². The zero-order valence-corrected chi connectivity index (χ0v) is 15.1. The molecule has 126 valence electrons. The molecule has 0 radical (unpaired) electrons. The third kappa shape index (κ3) is 5.67. The van der Waals surface area contributed by atoms with Crippen LogP contribution in [0.4, 0.5) is 5.69 Å². The summed E-state index contributed by atoms with van der Waals surface area (Å²) in [5.41, 5.74) is 3.41. The molecular formula is C16H27Cl2N3O. The van der Waals surface area contributed by atoms with Crippen molar-refractivity contribution < 1.29 is 4.79 Å². The van der Waals surface area contributed by atoms with E-state index in [4.69, 9.17) is 0 Å². The Morgan fingerprint density at radius 1 is 1.27 bits per heavy atom. The van der Waals surface area contributed by atoms with Crippen LogP contribution in [-0.4, -0.2) is 31.1 Å². The number of amides is 1. The zero-order chi connectivity index (χ0) is 14.5. The molecule has 1 aromatic carbocycles. The van der Waals surface area contributed by atoms with E-state index in [1.807, 2.05) is 6.07 Å². The topological polar surface area (TPSA) is 53.2 Å². The maximum atomic E-state index is 12.1. The highest BCUT2D eigenvalue weighted by Crippen LogP contribution is 2.18. The Hall–Kier alpha value is -0.970. The average molecular weight is 348 g/mol. The fourth-order valence-electron chi connectivity index (χ4n) is 2.76. The number of halogens is 2. The molecule has 22 heavy (non-hydrogen) atoms. The highest BCUT2D eigenvalue weighted by atomic mass is 35.5. The predicted octanol–water partition coefficient (Wildman–Crippen LogP) is 2.82. The minimum atomic E-state index is 0. The van der Waals surface area contributed by atoms with Gasteiger partial charge in [0.2, 0.25) is 5.91 Å². The number of carbonyl (C=O) groups excluding carboxylic acids is 1. The van der Waals surface area contributed by atoms with Crippen molar-refractivity contribution in [2.45, 2.75) is 45.7 Å². The van der Waals surface area contributed by atoms with Crippen LogP contribution in [0.2, 0.25) is 0 Å². The monoisotopic (exact) mass is 347 g/mol. The number of anilines is 1. The van der Waals surface area contributed by atoms with E-state index in [1.165, 1.54) is 11.1 Å². The van der Waals surface area contributed by atoms with E-state index in [0.29, 0.717) is 12.6 Å². The molecule has 0 aliphatic carbocycles. The summed E-state index contributed by atoms with van der Waals surface area (Å²) in [6.45, 7) is 7.62. The van der Waals surface area contributed by atoms with Gasteiger partial charge < -0.3 is 16.0 Å². The van der Waals surface area contributed by atoms with Crippen LogP contribution in [0, 0.1) is 13.8 Å². The smallest absolute Gasteiger partial charge is 0.239 e. The Labute approximate surface area is 145 Å². The van der Waals surface area contributed by atoms with E-state index in [-0.39, 0.29) is 36.8 Å². The van der Waals surface area contributed by atoms with Crippen molar-refractivity contribution in [3.63, 3.8) is 0 Å². The molecule has 2 atom stereocenters. The van der Waals surface area contributed by atoms with Gasteiger partial charge in [0.1, 0.15) is 0 Å². The van der Waals surface area contributed by atoms with Gasteiger partial charge in [-0.1, -0.05) is 18.2 Å². The number of para-hydroxylation sites is 1. The highest BCUT2D eigenvalue weighted by molar-refractivity contribution is 5.85. The minimum Gasteiger partial charge on any atom is -0.376 e. The van der Waals surface area contributed by atoms with Crippen molar-refractivity contribution in [3.8, 4) is 0 Å². The molecule has 0 bridgehead atoms. The molecule has 2 unspecified atom stereocenters. The van der Waals surface area contributed by atoms with Crippen molar-refractivity contribution in [1.82, 2.24) is 10.6 Å². The molecule has 0 saturated carbocycles. The quantitative estimate of drug-likeness (QED) is 0.784. The maximum absolute atomic E-state index is 12.1. The molecule has 1 aliphatic heterocycles. The second-order valence-corrected chi connectivity index (χ2v) is 5.68. The number of piperidine rings is 1. The van der Waals surface area contributed by atoms with Gasteiger partial charge in [0.05, 0.1) is 6.54 Å². The van der Waals surface area contributed by atoms with E-state index in [9.17, 15) is 4.79 Å². The van der Waals surface area contributed by atoms with Gasteiger partial charge in [0.25, 0.3) is 0 Å². The first-order valence-corrected chi connectivity index (χ1v) is 7.41. The Bertz CT molecular complexity index is 462. The average Bonchev–Trinajstić information content (AvgIpc) is 2.41. The molecule has 1 aliphatic rings. The summed E-state index contributed by atoms with van der Waals surface area (Å²) in [6, 6.07) is 6.75. The van der Waals surface area contributed by atoms with Gasteiger partial charge in [-0.05, 0) is 51.3 Å². The van der Waals surface area contributed by atoms with Crippen LogP contribution in [0.3, 0.4) is 0 Å². The lowest BCUT2D eigenvalue weighted by Gasteiger charge is -2.30. The molecular weight excluding hydrogens is 321 g/mol. The number of hydrogen-bond donors (Lipinski definition) is 3. The third-order valence-corrected chi connectivity index (χ3v) is 4.02. The lowest BCUT2D eigenvalue weighted by Crippen LogP contribution is -2.52. The first kappa shape index (κ1) is 21.0. The molecule has 1 aromatic rings. The molecule has 4 nitrogen and oxygen atoms in total. The lowest BCUT2D eigenvalue weighted by atomic mass is 10.00. The minimum absolute atomic E-state index is 0. The fourth-order valence-corrected chi connectivity index (χ4v) is 2.76. The van der Waals surface area contributed by atoms with Crippen LogP contribution in [0.15, 0.2) is 18.2 Å². The summed E-state index contributed by atoms with van der Waals surface area (Å²) in [5, 5.41) is 9.76. The summed E-state index contributed by atoms with van der Waals surface area (Å²) in [6.07, 6.45) is 2.18. The van der Waals surface area contributed by atoms with Crippen molar-refractivity contribution in [3.05, 3.63) is 29.3 Å². The lowest BCUT2D eigenvalue weighted by molar-refractivity contribution is -0.120. The Kier molecular flexibility index (Phi) is 9.49. The Balaban J connectivity index is 0.00000220. The first-order chi connectivity index (χ1) is 9.58. The van der Waals surface area contributed by atoms with Crippen LogP contribution in [0.5, 0.6) is 0 Å². The van der Waals surface area contributed by atoms with E-state index >= 15 is 0 Å². The normalized spacial score (nSPS) is 20.3. The molecule has 6 heteroatoms. The number of hydrogen-bond acceptors (Lipinski definition) is 3. The van der Waals surface area contributed by atoms with Gasteiger partial charge in [0, 0.05) is 17.8 Å². The van der Waals surface area contributed by atoms with Crippen molar-refractivity contribution in [1.29, 1.82) is 0 Å². The van der Waals surface area contributed by atoms with Gasteiger partial charge in [-0.25, -0.2) is 0 Å². The van der Waals surface area contributed by atoms with E-state index in [0.717, 1.165) is 25.1 Å². The summed E-state index contributed by atoms with van der Waals surface area (Å²) < 4.78 is 0. The first-order valence-electron chi connectivity index (χ1n) is 7.41. The van der Waals surface area contributed by atoms with Gasteiger partial charge in [-0.3, -0.25) is 4.79 Å². The van der Waals surface area contributed by atoms with Gasteiger partial charge in [-0.2, -0.15) is 0 Å². The highest BCUT2D eigenvalue weighted by Gasteiger charge is 2.22. The summed E-state index contributed by atoms with van der Waals surface area (Å²) in [7, 11) is 0. The zero-order valence-electron chi connectivity index (χ0n) is 13.4. The summed E-state index contributed by atoms with van der Waals surface area (Å²) in [5.74, 6) is 0.0632. The number of aryl methyl sites for hydroxylation is 2. The van der Waals surface area contributed by atoms with Crippen LogP contribution < -0.4 is 16.0 Å². The number of benzene rings is 1. The molecule has 1 amide bonds.